The number of nitrogens with zero attached hydrogens (tertiary/aromatic N) is 2. The zero-order valence-electron chi connectivity index (χ0n) is 19.0. The van der Waals surface area contributed by atoms with Gasteiger partial charge in [-0.3, -0.25) is 0 Å². The molecule has 1 N–H and O–H groups in total. The molecule has 0 saturated heterocycles. The van der Waals surface area contributed by atoms with E-state index in [-0.39, 0.29) is 25.3 Å². The topological polar surface area (TPSA) is 37.3 Å². The number of urea groups is 1. The van der Waals surface area contributed by atoms with Gasteiger partial charge in [0.15, 0.2) is 0 Å². The van der Waals surface area contributed by atoms with Gasteiger partial charge in [-0.15, -0.1) is 0 Å². The molecule has 0 atom stereocenters. The number of rotatable bonds is 7. The molecule has 0 radical (unpaired) electrons. The van der Waals surface area contributed by atoms with Crippen LogP contribution in [0.3, 0.4) is 0 Å². The normalized spacial score (nSPS) is 11.4. The number of nitrogens with one attached hydrogen (secondary N) is 1. The fourth-order valence-corrected chi connectivity index (χ4v) is 3.77. The van der Waals surface area contributed by atoms with E-state index < -0.39 is 29.4 Å². The van der Waals surface area contributed by atoms with Crippen LogP contribution in [0.1, 0.15) is 22.4 Å². The van der Waals surface area contributed by atoms with Crippen molar-refractivity contribution in [2.75, 3.05) is 5.32 Å². The largest absolute Gasteiger partial charge is 0.416 e. The minimum atomic E-state index is -4.45. The Bertz CT molecular complexity index is 1330. The molecule has 4 rings (SSSR count). The minimum Gasteiger partial charge on any atom is -0.345 e. The first kappa shape index (κ1) is 25.0. The second kappa shape index (κ2) is 10.6. The molecule has 0 spiro atoms. The Kier molecular flexibility index (Phi) is 7.38. The van der Waals surface area contributed by atoms with Gasteiger partial charge in [0.1, 0.15) is 11.6 Å². The second-order valence-corrected chi connectivity index (χ2v) is 8.22. The van der Waals surface area contributed by atoms with Crippen LogP contribution in [-0.2, 0) is 25.8 Å². The van der Waals surface area contributed by atoms with Crippen LogP contribution >= 0.6 is 0 Å². The third kappa shape index (κ3) is 6.29. The van der Waals surface area contributed by atoms with Crippen molar-refractivity contribution in [2.24, 2.45) is 0 Å². The molecule has 1 aromatic heterocycles. The van der Waals surface area contributed by atoms with Crippen molar-refractivity contribution in [1.29, 1.82) is 0 Å². The minimum absolute atomic E-state index is 0.0928. The van der Waals surface area contributed by atoms with E-state index in [2.05, 4.69) is 5.32 Å². The standard InChI is InChI=1S/C27H22F5N3O/c28-22-11-12-25(24(29)15-22)33-26(36)35(16-19-6-2-1-3-7-19)18-23-10-5-13-34(23)17-20-8-4-9-21(14-20)27(30,31)32/h1-15H,16-18H2,(H,33,36). The molecule has 186 valence electrons. The highest BCUT2D eigenvalue weighted by Gasteiger charge is 2.30. The number of carbonyl (C=O) groups is 1. The van der Waals surface area contributed by atoms with E-state index in [9.17, 15) is 26.7 Å². The number of benzene rings is 3. The molecule has 3 aromatic carbocycles. The maximum atomic E-state index is 14.1. The average Bonchev–Trinajstić information content (AvgIpc) is 3.27. The van der Waals surface area contributed by atoms with E-state index in [1.807, 2.05) is 30.3 Å². The van der Waals surface area contributed by atoms with Gasteiger partial charge in [-0.05, 0) is 47.5 Å². The summed E-state index contributed by atoms with van der Waals surface area (Å²) in [5.41, 5.74) is 1.04. The molecule has 0 aliphatic heterocycles. The lowest BCUT2D eigenvalue weighted by Gasteiger charge is -2.24. The third-order valence-electron chi connectivity index (χ3n) is 5.56. The van der Waals surface area contributed by atoms with Gasteiger partial charge in [0.25, 0.3) is 0 Å². The molecule has 4 nitrogen and oxygen atoms in total. The first-order valence-corrected chi connectivity index (χ1v) is 11.0. The Morgan fingerprint density at radius 1 is 0.833 bits per heavy atom. The fourth-order valence-electron chi connectivity index (χ4n) is 3.77. The third-order valence-corrected chi connectivity index (χ3v) is 5.56. The number of hydrogen-bond donors (Lipinski definition) is 1. The Labute approximate surface area is 204 Å². The van der Waals surface area contributed by atoms with Crippen molar-refractivity contribution >= 4 is 11.7 Å². The number of alkyl halides is 3. The van der Waals surface area contributed by atoms with Crippen LogP contribution < -0.4 is 5.32 Å². The van der Waals surface area contributed by atoms with Gasteiger partial charge in [-0.2, -0.15) is 13.2 Å². The quantitative estimate of drug-likeness (QED) is 0.272. The average molecular weight is 499 g/mol. The summed E-state index contributed by atoms with van der Waals surface area (Å²) in [7, 11) is 0. The van der Waals surface area contributed by atoms with Crippen LogP contribution in [0.2, 0.25) is 0 Å². The Morgan fingerprint density at radius 3 is 2.31 bits per heavy atom. The highest BCUT2D eigenvalue weighted by molar-refractivity contribution is 5.89. The molecular formula is C27H22F5N3O. The van der Waals surface area contributed by atoms with Crippen LogP contribution in [0.25, 0.3) is 0 Å². The number of anilines is 1. The van der Waals surface area contributed by atoms with Crippen molar-refractivity contribution in [3.63, 3.8) is 0 Å². The molecule has 0 aliphatic carbocycles. The maximum Gasteiger partial charge on any atom is 0.416 e. The van der Waals surface area contributed by atoms with Crippen molar-refractivity contribution in [2.45, 2.75) is 25.8 Å². The summed E-state index contributed by atoms with van der Waals surface area (Å²) in [6.45, 7) is 0.444. The monoisotopic (exact) mass is 499 g/mol. The first-order chi connectivity index (χ1) is 17.2. The number of hydrogen-bond acceptors (Lipinski definition) is 1. The summed E-state index contributed by atoms with van der Waals surface area (Å²) in [4.78, 5) is 14.6. The number of halogens is 5. The fraction of sp³-hybridized carbons (Fsp3) is 0.148. The molecular weight excluding hydrogens is 477 g/mol. The molecule has 0 bridgehead atoms. The summed E-state index contributed by atoms with van der Waals surface area (Å²) >= 11 is 0. The van der Waals surface area contributed by atoms with E-state index in [0.717, 1.165) is 29.8 Å². The molecule has 2 amide bonds. The molecule has 0 saturated carbocycles. The van der Waals surface area contributed by atoms with E-state index in [1.165, 1.54) is 11.0 Å². The second-order valence-electron chi connectivity index (χ2n) is 8.22. The lowest BCUT2D eigenvalue weighted by molar-refractivity contribution is -0.137. The van der Waals surface area contributed by atoms with E-state index in [4.69, 9.17) is 0 Å². The first-order valence-electron chi connectivity index (χ1n) is 11.0. The van der Waals surface area contributed by atoms with Gasteiger partial charge in [0, 0.05) is 31.0 Å². The van der Waals surface area contributed by atoms with E-state index in [0.29, 0.717) is 17.3 Å². The molecule has 1 heterocycles. The van der Waals surface area contributed by atoms with Crippen molar-refractivity contribution in [1.82, 2.24) is 9.47 Å². The molecule has 36 heavy (non-hydrogen) atoms. The van der Waals surface area contributed by atoms with Crippen LogP contribution in [0, 0.1) is 11.6 Å². The van der Waals surface area contributed by atoms with Gasteiger partial charge in [0.2, 0.25) is 0 Å². The Hall–Kier alpha value is -4.14. The number of aromatic nitrogens is 1. The van der Waals surface area contributed by atoms with Crippen LogP contribution in [0.15, 0.2) is 91.1 Å². The SMILES string of the molecule is O=C(Nc1ccc(F)cc1F)N(Cc1ccccc1)Cc1cccn1Cc1cccc(C(F)(F)F)c1. The molecule has 4 aromatic rings. The van der Waals surface area contributed by atoms with Crippen molar-refractivity contribution in [3.8, 4) is 0 Å². The summed E-state index contributed by atoms with van der Waals surface area (Å²) in [6, 6.07) is 20.0. The Morgan fingerprint density at radius 2 is 1.58 bits per heavy atom. The highest BCUT2D eigenvalue weighted by atomic mass is 19.4. The number of amides is 2. The predicted octanol–water partition coefficient (Wildman–Crippen LogP) is 7.07. The van der Waals surface area contributed by atoms with Crippen molar-refractivity contribution < 1.29 is 26.7 Å². The molecule has 9 heteroatoms. The van der Waals surface area contributed by atoms with Crippen molar-refractivity contribution in [3.05, 3.63) is 125 Å². The van der Waals surface area contributed by atoms with Gasteiger partial charge in [-0.1, -0.05) is 42.5 Å². The zero-order chi connectivity index (χ0) is 25.7. The van der Waals surface area contributed by atoms with Gasteiger partial charge in [0.05, 0.1) is 17.8 Å². The van der Waals surface area contributed by atoms with E-state index >= 15 is 0 Å². The highest BCUT2D eigenvalue weighted by Crippen LogP contribution is 2.30. The lowest BCUT2D eigenvalue weighted by Crippen LogP contribution is -2.35. The van der Waals surface area contributed by atoms with E-state index in [1.54, 1.807) is 29.0 Å². The lowest BCUT2D eigenvalue weighted by atomic mass is 10.1. The Balaban J connectivity index is 1.57. The van der Waals surface area contributed by atoms with Crippen LogP contribution in [0.5, 0.6) is 0 Å². The molecule has 0 aliphatic rings. The summed E-state index contributed by atoms with van der Waals surface area (Å²) in [5.74, 6) is -1.67. The van der Waals surface area contributed by atoms with Crippen LogP contribution in [-0.4, -0.2) is 15.5 Å². The smallest absolute Gasteiger partial charge is 0.345 e. The summed E-state index contributed by atoms with van der Waals surface area (Å²) in [5, 5.41) is 2.47. The zero-order valence-corrected chi connectivity index (χ0v) is 19.0. The maximum absolute atomic E-state index is 14.1. The summed E-state index contributed by atoms with van der Waals surface area (Å²) in [6.07, 6.45) is -2.73. The van der Waals surface area contributed by atoms with Gasteiger partial charge in [-0.25, -0.2) is 13.6 Å². The predicted molar refractivity (Wildman–Crippen MR) is 126 cm³/mol. The van der Waals surface area contributed by atoms with Gasteiger partial charge < -0.3 is 14.8 Å². The van der Waals surface area contributed by atoms with Crippen LogP contribution in [0.4, 0.5) is 32.4 Å². The molecule has 0 unspecified atom stereocenters. The van der Waals surface area contributed by atoms with Gasteiger partial charge >= 0.3 is 12.2 Å². The summed E-state index contributed by atoms with van der Waals surface area (Å²) < 4.78 is 68.5. The number of carbonyl (C=O) groups excluding carboxylic acids is 1. The molecule has 0 fully saturated rings.